The Kier molecular flexibility index (Phi) is 3.76. The Hall–Kier alpha value is -0.340. The average molecular weight is 170 g/mol. The number of ether oxygens (including phenoxy) is 1. The highest BCUT2D eigenvalue weighted by Gasteiger charge is 2.24. The van der Waals surface area contributed by atoms with E-state index in [1.165, 1.54) is 5.57 Å². The highest BCUT2D eigenvalue weighted by atomic mass is 16.5. The number of rotatable bonds is 3. The van der Waals surface area contributed by atoms with Crippen LogP contribution in [-0.4, -0.2) is 24.4 Å². The summed E-state index contributed by atoms with van der Waals surface area (Å²) in [6.45, 7) is 5.46. The molecule has 12 heavy (non-hydrogen) atoms. The highest BCUT2D eigenvalue weighted by molar-refractivity contribution is 4.93. The molecule has 70 valence electrons. The summed E-state index contributed by atoms with van der Waals surface area (Å²) >= 11 is 0. The largest absolute Gasteiger partial charge is 0.390 e. The second-order valence-corrected chi connectivity index (χ2v) is 3.72. The molecule has 0 spiro atoms. The van der Waals surface area contributed by atoms with Crippen molar-refractivity contribution in [3.63, 3.8) is 0 Å². The van der Waals surface area contributed by atoms with Crippen LogP contribution in [-0.2, 0) is 4.74 Å². The van der Waals surface area contributed by atoms with Gasteiger partial charge < -0.3 is 9.84 Å². The molecule has 0 aromatic rings. The van der Waals surface area contributed by atoms with Crippen LogP contribution in [0.15, 0.2) is 11.6 Å². The molecule has 1 heterocycles. The number of allylic oxidation sites excluding steroid dienone is 2. The molecule has 1 N–H and O–H groups in total. The summed E-state index contributed by atoms with van der Waals surface area (Å²) in [7, 11) is 0. The molecule has 0 aromatic heterocycles. The molecule has 0 aromatic carbocycles. The molecule has 2 nitrogen and oxygen atoms in total. The minimum atomic E-state index is -0.226. The van der Waals surface area contributed by atoms with Crippen LogP contribution in [0.2, 0.25) is 0 Å². The first-order valence-corrected chi connectivity index (χ1v) is 4.59. The van der Waals surface area contributed by atoms with Crippen molar-refractivity contribution in [2.24, 2.45) is 5.92 Å². The Bertz CT molecular complexity index is 159. The normalized spacial score (nSPS) is 28.9. The van der Waals surface area contributed by atoms with Gasteiger partial charge in [0.15, 0.2) is 0 Å². The quantitative estimate of drug-likeness (QED) is 0.654. The van der Waals surface area contributed by atoms with Gasteiger partial charge in [-0.15, -0.1) is 0 Å². The van der Waals surface area contributed by atoms with E-state index in [1.807, 2.05) is 0 Å². The Balaban J connectivity index is 2.18. The molecular weight excluding hydrogens is 152 g/mol. The van der Waals surface area contributed by atoms with Crippen LogP contribution in [0, 0.1) is 5.92 Å². The summed E-state index contributed by atoms with van der Waals surface area (Å²) in [6.07, 6.45) is 4.10. The fourth-order valence-corrected chi connectivity index (χ4v) is 1.45. The maximum absolute atomic E-state index is 9.41. The second-order valence-electron chi connectivity index (χ2n) is 3.72. The number of hydrogen-bond acceptors (Lipinski definition) is 2. The summed E-state index contributed by atoms with van der Waals surface area (Å²) in [5, 5.41) is 9.41. The van der Waals surface area contributed by atoms with Crippen molar-refractivity contribution >= 4 is 0 Å². The van der Waals surface area contributed by atoms with Crippen molar-refractivity contribution in [1.29, 1.82) is 0 Å². The van der Waals surface area contributed by atoms with Crippen molar-refractivity contribution in [2.75, 3.05) is 13.2 Å². The van der Waals surface area contributed by atoms with E-state index in [2.05, 4.69) is 19.9 Å². The molecule has 0 radical (unpaired) electrons. The molecule has 1 saturated heterocycles. The van der Waals surface area contributed by atoms with Gasteiger partial charge in [0, 0.05) is 5.92 Å². The van der Waals surface area contributed by atoms with Crippen LogP contribution in [0.25, 0.3) is 0 Å². The van der Waals surface area contributed by atoms with E-state index in [9.17, 15) is 5.11 Å². The van der Waals surface area contributed by atoms with Crippen molar-refractivity contribution in [3.8, 4) is 0 Å². The van der Waals surface area contributed by atoms with Gasteiger partial charge >= 0.3 is 0 Å². The lowest BCUT2D eigenvalue weighted by Gasteiger charge is -2.09. The lowest BCUT2D eigenvalue weighted by atomic mass is 10.00. The van der Waals surface area contributed by atoms with Gasteiger partial charge in [0.05, 0.1) is 19.3 Å². The molecular formula is C10H18O2. The lowest BCUT2D eigenvalue weighted by Crippen LogP contribution is -2.17. The molecule has 2 heteroatoms. The van der Waals surface area contributed by atoms with Gasteiger partial charge in [-0.3, -0.25) is 0 Å². The second kappa shape index (κ2) is 4.63. The van der Waals surface area contributed by atoms with Crippen LogP contribution in [0.3, 0.4) is 0 Å². The van der Waals surface area contributed by atoms with Crippen molar-refractivity contribution in [1.82, 2.24) is 0 Å². The van der Waals surface area contributed by atoms with Gasteiger partial charge in [-0.2, -0.15) is 0 Å². The third-order valence-corrected chi connectivity index (χ3v) is 2.25. The standard InChI is InChI=1S/C10H18O2/c1-8(2)4-3-5-9-6-12-7-10(9)11/h4,9-11H,3,5-7H2,1-2H3. The first kappa shape index (κ1) is 9.75. The molecule has 0 amide bonds. The van der Waals surface area contributed by atoms with E-state index in [0.29, 0.717) is 12.5 Å². The lowest BCUT2D eigenvalue weighted by molar-refractivity contribution is 0.117. The molecule has 1 aliphatic rings. The van der Waals surface area contributed by atoms with Gasteiger partial charge in [0.25, 0.3) is 0 Å². The molecule has 0 saturated carbocycles. The van der Waals surface area contributed by atoms with E-state index >= 15 is 0 Å². The smallest absolute Gasteiger partial charge is 0.0823 e. The van der Waals surface area contributed by atoms with Gasteiger partial charge in [-0.25, -0.2) is 0 Å². The van der Waals surface area contributed by atoms with Gasteiger partial charge in [0.2, 0.25) is 0 Å². The zero-order valence-electron chi connectivity index (χ0n) is 7.92. The maximum atomic E-state index is 9.41. The van der Waals surface area contributed by atoms with Crippen LogP contribution in [0.5, 0.6) is 0 Å². The molecule has 1 rings (SSSR count). The van der Waals surface area contributed by atoms with Crippen molar-refractivity contribution in [2.45, 2.75) is 32.8 Å². The Morgan fingerprint density at radius 2 is 2.25 bits per heavy atom. The minimum absolute atomic E-state index is 0.226. The predicted octanol–water partition coefficient (Wildman–Crippen LogP) is 1.74. The highest BCUT2D eigenvalue weighted by Crippen LogP contribution is 2.19. The molecule has 1 fully saturated rings. The van der Waals surface area contributed by atoms with Crippen LogP contribution < -0.4 is 0 Å². The maximum Gasteiger partial charge on any atom is 0.0823 e. The predicted molar refractivity (Wildman–Crippen MR) is 49.0 cm³/mol. The van der Waals surface area contributed by atoms with Crippen molar-refractivity contribution < 1.29 is 9.84 Å². The van der Waals surface area contributed by atoms with E-state index in [4.69, 9.17) is 4.74 Å². The summed E-state index contributed by atoms with van der Waals surface area (Å²) in [5.74, 6) is 0.362. The summed E-state index contributed by atoms with van der Waals surface area (Å²) < 4.78 is 5.16. The Morgan fingerprint density at radius 1 is 1.50 bits per heavy atom. The van der Waals surface area contributed by atoms with Crippen molar-refractivity contribution in [3.05, 3.63) is 11.6 Å². The first-order valence-electron chi connectivity index (χ1n) is 4.59. The van der Waals surface area contributed by atoms with Crippen LogP contribution in [0.1, 0.15) is 26.7 Å². The summed E-state index contributed by atoms with van der Waals surface area (Å²) in [6, 6.07) is 0. The fraction of sp³-hybridized carbons (Fsp3) is 0.800. The Labute approximate surface area is 74.2 Å². The van der Waals surface area contributed by atoms with E-state index in [-0.39, 0.29) is 6.10 Å². The molecule has 0 bridgehead atoms. The fourth-order valence-electron chi connectivity index (χ4n) is 1.45. The minimum Gasteiger partial charge on any atom is -0.390 e. The number of aliphatic hydroxyl groups excluding tert-OH is 1. The van der Waals surface area contributed by atoms with Gasteiger partial charge in [0.1, 0.15) is 0 Å². The third-order valence-electron chi connectivity index (χ3n) is 2.25. The number of aliphatic hydroxyl groups is 1. The SMILES string of the molecule is CC(C)=CCCC1COCC1O. The van der Waals surface area contributed by atoms with E-state index in [0.717, 1.165) is 19.4 Å². The number of hydrogen-bond donors (Lipinski definition) is 1. The van der Waals surface area contributed by atoms with E-state index < -0.39 is 0 Å². The topological polar surface area (TPSA) is 29.5 Å². The summed E-state index contributed by atoms with van der Waals surface area (Å²) in [4.78, 5) is 0. The van der Waals surface area contributed by atoms with Crippen LogP contribution in [0.4, 0.5) is 0 Å². The summed E-state index contributed by atoms with van der Waals surface area (Å²) in [5.41, 5.74) is 1.35. The monoisotopic (exact) mass is 170 g/mol. The first-order chi connectivity index (χ1) is 5.70. The zero-order valence-corrected chi connectivity index (χ0v) is 7.92. The van der Waals surface area contributed by atoms with Crippen LogP contribution >= 0.6 is 0 Å². The zero-order chi connectivity index (χ0) is 8.97. The Morgan fingerprint density at radius 3 is 2.75 bits per heavy atom. The average Bonchev–Trinajstić information content (AvgIpc) is 2.36. The van der Waals surface area contributed by atoms with Gasteiger partial charge in [-0.1, -0.05) is 11.6 Å². The third kappa shape index (κ3) is 2.95. The molecule has 1 aliphatic heterocycles. The molecule has 0 aliphatic carbocycles. The molecule has 2 unspecified atom stereocenters. The van der Waals surface area contributed by atoms with E-state index in [1.54, 1.807) is 0 Å². The molecule has 2 atom stereocenters. The van der Waals surface area contributed by atoms with Gasteiger partial charge in [-0.05, 0) is 26.7 Å².